The number of carbonyl (C=O) groups is 1. The fourth-order valence-corrected chi connectivity index (χ4v) is 2.66. The van der Waals surface area contributed by atoms with Crippen molar-refractivity contribution in [2.45, 2.75) is 37.1 Å². The molecule has 2 rings (SSSR count). The number of amides is 1. The molecule has 3 nitrogen and oxygen atoms in total. The van der Waals surface area contributed by atoms with Crippen LogP contribution in [-0.2, 0) is 0 Å². The first-order chi connectivity index (χ1) is 7.18. The second-order valence-corrected chi connectivity index (χ2v) is 5.09. The number of carbonyl (C=O) groups excluding carboxylic acids is 1. The fraction of sp³-hybridized carbons (Fsp3) is 0.545. The van der Waals surface area contributed by atoms with Gasteiger partial charge in [-0.15, -0.1) is 0 Å². The number of rotatable bonds is 2. The van der Waals surface area contributed by atoms with E-state index in [1.54, 1.807) is 19.3 Å². The fourth-order valence-electron chi connectivity index (χ4n) is 1.94. The van der Waals surface area contributed by atoms with E-state index in [1.807, 2.05) is 0 Å². The van der Waals surface area contributed by atoms with Crippen molar-refractivity contribution in [3.8, 4) is 0 Å². The summed E-state index contributed by atoms with van der Waals surface area (Å²) in [4.78, 5) is 12.2. The van der Waals surface area contributed by atoms with E-state index in [-0.39, 0.29) is 11.9 Å². The Balaban J connectivity index is 2.01. The Morgan fingerprint density at radius 2 is 2.40 bits per heavy atom. The Hall–Kier alpha value is -0.770. The zero-order valence-electron chi connectivity index (χ0n) is 8.63. The minimum atomic E-state index is -0.0300. The molecule has 15 heavy (non-hydrogen) atoms. The largest absolute Gasteiger partial charge is 0.469 e. The first-order valence-electron chi connectivity index (χ1n) is 5.17. The van der Waals surface area contributed by atoms with Gasteiger partial charge in [-0.25, -0.2) is 0 Å². The second kappa shape index (κ2) is 4.39. The summed E-state index contributed by atoms with van der Waals surface area (Å²) in [5.41, 5.74) is 0.640. The summed E-state index contributed by atoms with van der Waals surface area (Å²) in [6, 6.07) is 1.97. The van der Waals surface area contributed by atoms with Gasteiger partial charge in [0.05, 0.1) is 11.8 Å². The van der Waals surface area contributed by atoms with Crippen LogP contribution in [0.4, 0.5) is 0 Å². The molecule has 1 fully saturated rings. The summed E-state index contributed by atoms with van der Waals surface area (Å²) in [7, 11) is 0. The van der Waals surface area contributed by atoms with Crippen molar-refractivity contribution in [2.24, 2.45) is 0 Å². The third kappa shape index (κ3) is 2.25. The van der Waals surface area contributed by atoms with E-state index >= 15 is 0 Å². The highest BCUT2D eigenvalue weighted by molar-refractivity contribution is 9.09. The molecule has 0 bridgehead atoms. The van der Waals surface area contributed by atoms with Crippen LogP contribution < -0.4 is 5.32 Å². The van der Waals surface area contributed by atoms with Crippen molar-refractivity contribution in [2.75, 3.05) is 0 Å². The lowest BCUT2D eigenvalue weighted by atomic mass is 10.2. The molecule has 1 aliphatic rings. The van der Waals surface area contributed by atoms with Crippen molar-refractivity contribution in [3.05, 3.63) is 23.7 Å². The van der Waals surface area contributed by atoms with Gasteiger partial charge in [0, 0.05) is 10.9 Å². The van der Waals surface area contributed by atoms with Gasteiger partial charge in [0.1, 0.15) is 5.76 Å². The minimum absolute atomic E-state index is 0.0300. The van der Waals surface area contributed by atoms with E-state index in [4.69, 9.17) is 4.42 Å². The van der Waals surface area contributed by atoms with Gasteiger partial charge in [-0.1, -0.05) is 22.4 Å². The third-order valence-corrected chi connectivity index (χ3v) is 3.95. The van der Waals surface area contributed by atoms with Gasteiger partial charge in [0.15, 0.2) is 0 Å². The van der Waals surface area contributed by atoms with Crippen molar-refractivity contribution in [1.29, 1.82) is 0 Å². The molecule has 2 atom stereocenters. The summed E-state index contributed by atoms with van der Waals surface area (Å²) in [5, 5.41) is 3.03. The van der Waals surface area contributed by atoms with Crippen LogP contribution in [0.5, 0.6) is 0 Å². The standard InChI is InChI=1S/C11H14BrNO2/c1-7-8(5-6-15-7)11(14)13-10-4-2-3-9(10)12/h5-6,9-10H,2-4H2,1H3,(H,13,14). The summed E-state index contributed by atoms with van der Waals surface area (Å²) >= 11 is 3.58. The van der Waals surface area contributed by atoms with Crippen molar-refractivity contribution in [3.63, 3.8) is 0 Å². The number of alkyl halides is 1. The van der Waals surface area contributed by atoms with Gasteiger partial charge >= 0.3 is 0 Å². The van der Waals surface area contributed by atoms with Gasteiger partial charge in [-0.05, 0) is 25.8 Å². The monoisotopic (exact) mass is 271 g/mol. The summed E-state index contributed by atoms with van der Waals surface area (Å²) in [6.45, 7) is 1.80. The van der Waals surface area contributed by atoms with Gasteiger partial charge in [0.2, 0.25) is 0 Å². The molecule has 1 aliphatic carbocycles. The number of aryl methyl sites for hydroxylation is 1. The van der Waals surface area contributed by atoms with E-state index in [0.29, 0.717) is 16.2 Å². The molecule has 0 saturated heterocycles. The van der Waals surface area contributed by atoms with Crippen LogP contribution in [0.3, 0.4) is 0 Å². The minimum Gasteiger partial charge on any atom is -0.469 e. The summed E-state index contributed by atoms with van der Waals surface area (Å²) in [5.74, 6) is 0.647. The molecular formula is C11H14BrNO2. The predicted molar refractivity (Wildman–Crippen MR) is 61.3 cm³/mol. The topological polar surface area (TPSA) is 42.2 Å². The van der Waals surface area contributed by atoms with Crippen molar-refractivity contribution >= 4 is 21.8 Å². The Labute approximate surface area is 97.4 Å². The zero-order valence-corrected chi connectivity index (χ0v) is 10.2. The maximum absolute atomic E-state index is 11.8. The van der Waals surface area contributed by atoms with E-state index in [9.17, 15) is 4.79 Å². The van der Waals surface area contributed by atoms with Crippen LogP contribution in [0, 0.1) is 6.92 Å². The quantitative estimate of drug-likeness (QED) is 0.841. The third-order valence-electron chi connectivity index (χ3n) is 2.85. The number of hydrogen-bond donors (Lipinski definition) is 1. The molecular weight excluding hydrogens is 258 g/mol. The van der Waals surface area contributed by atoms with Gasteiger partial charge in [-0.2, -0.15) is 0 Å². The van der Waals surface area contributed by atoms with Crippen LogP contribution in [0.2, 0.25) is 0 Å². The number of nitrogens with one attached hydrogen (secondary N) is 1. The number of hydrogen-bond acceptors (Lipinski definition) is 2. The van der Waals surface area contributed by atoms with Crippen molar-refractivity contribution in [1.82, 2.24) is 5.32 Å². The van der Waals surface area contributed by atoms with Gasteiger partial charge < -0.3 is 9.73 Å². The van der Waals surface area contributed by atoms with Gasteiger partial charge in [-0.3, -0.25) is 4.79 Å². The zero-order chi connectivity index (χ0) is 10.8. The summed E-state index contributed by atoms with van der Waals surface area (Å²) in [6.07, 6.45) is 4.91. The first kappa shape index (κ1) is 10.7. The molecule has 1 aromatic rings. The molecule has 4 heteroatoms. The average Bonchev–Trinajstić information content (AvgIpc) is 2.76. The second-order valence-electron chi connectivity index (χ2n) is 3.92. The molecule has 1 aromatic heterocycles. The van der Waals surface area contributed by atoms with Crippen LogP contribution in [0.25, 0.3) is 0 Å². The highest BCUT2D eigenvalue weighted by atomic mass is 79.9. The van der Waals surface area contributed by atoms with E-state index in [1.165, 1.54) is 6.42 Å². The molecule has 0 radical (unpaired) electrons. The smallest absolute Gasteiger partial charge is 0.255 e. The lowest BCUT2D eigenvalue weighted by Gasteiger charge is -2.15. The SMILES string of the molecule is Cc1occc1C(=O)NC1CCCC1Br. The molecule has 1 N–H and O–H groups in total. The van der Waals surface area contributed by atoms with Crippen LogP contribution in [-0.4, -0.2) is 16.8 Å². The molecule has 1 heterocycles. The molecule has 0 aromatic carbocycles. The number of furan rings is 1. The molecule has 82 valence electrons. The van der Waals surface area contributed by atoms with E-state index in [2.05, 4.69) is 21.2 Å². The van der Waals surface area contributed by atoms with E-state index in [0.717, 1.165) is 12.8 Å². The van der Waals surface area contributed by atoms with Crippen LogP contribution in [0.15, 0.2) is 16.7 Å². The average molecular weight is 272 g/mol. The number of halogens is 1. The Kier molecular flexibility index (Phi) is 3.14. The highest BCUT2D eigenvalue weighted by Crippen LogP contribution is 2.26. The molecule has 1 amide bonds. The lowest BCUT2D eigenvalue weighted by Crippen LogP contribution is -2.37. The normalized spacial score (nSPS) is 25.5. The Morgan fingerprint density at radius 3 is 2.93 bits per heavy atom. The maximum atomic E-state index is 11.8. The molecule has 2 unspecified atom stereocenters. The predicted octanol–water partition coefficient (Wildman–Crippen LogP) is 2.63. The van der Waals surface area contributed by atoms with Crippen LogP contribution >= 0.6 is 15.9 Å². The first-order valence-corrected chi connectivity index (χ1v) is 6.09. The van der Waals surface area contributed by atoms with Crippen LogP contribution in [0.1, 0.15) is 35.4 Å². The Morgan fingerprint density at radius 1 is 1.60 bits per heavy atom. The van der Waals surface area contributed by atoms with Crippen molar-refractivity contribution < 1.29 is 9.21 Å². The summed E-state index contributed by atoms with van der Waals surface area (Å²) < 4.78 is 5.10. The lowest BCUT2D eigenvalue weighted by molar-refractivity contribution is 0.0937. The van der Waals surface area contributed by atoms with Gasteiger partial charge in [0.25, 0.3) is 5.91 Å². The molecule has 1 saturated carbocycles. The van der Waals surface area contributed by atoms with E-state index < -0.39 is 0 Å². The Bertz CT molecular complexity index is 361. The highest BCUT2D eigenvalue weighted by Gasteiger charge is 2.27. The molecule has 0 spiro atoms. The molecule has 0 aliphatic heterocycles. The maximum Gasteiger partial charge on any atom is 0.255 e.